The van der Waals surface area contributed by atoms with Gasteiger partial charge in [0.25, 0.3) is 0 Å². The molecule has 2 unspecified atom stereocenters. The van der Waals surface area contributed by atoms with Crippen LogP contribution in [0.25, 0.3) is 6.08 Å². The maximum absolute atomic E-state index is 13.4. The van der Waals surface area contributed by atoms with Crippen LogP contribution in [0.4, 0.5) is 13.2 Å². The van der Waals surface area contributed by atoms with E-state index < -0.39 is 41.8 Å². The molecular formula is C26H24F3NO6. The Hall–Kier alpha value is -3.76. The van der Waals surface area contributed by atoms with Crippen LogP contribution in [0.1, 0.15) is 22.6 Å². The molecule has 0 radical (unpaired) electrons. The summed E-state index contributed by atoms with van der Waals surface area (Å²) in [7, 11) is 2.57. The zero-order chi connectivity index (χ0) is 26.3. The number of aliphatic imine (C=N–C) groups is 1. The zero-order valence-electron chi connectivity index (χ0n) is 19.4. The molecule has 0 aliphatic carbocycles. The number of ether oxygens (including phenoxy) is 3. The van der Waals surface area contributed by atoms with Gasteiger partial charge in [-0.05, 0) is 23.3 Å². The van der Waals surface area contributed by atoms with Gasteiger partial charge in [-0.2, -0.15) is 13.2 Å². The van der Waals surface area contributed by atoms with Gasteiger partial charge in [0.1, 0.15) is 18.2 Å². The summed E-state index contributed by atoms with van der Waals surface area (Å²) in [5, 5.41) is 9.82. The number of alkyl halides is 3. The summed E-state index contributed by atoms with van der Waals surface area (Å²) in [6.45, 7) is -0.175. The van der Waals surface area contributed by atoms with E-state index in [1.165, 1.54) is 20.3 Å². The highest BCUT2D eigenvalue weighted by Crippen LogP contribution is 2.41. The minimum Gasteiger partial charge on any atom is -0.481 e. The van der Waals surface area contributed by atoms with Crippen molar-refractivity contribution >= 4 is 24.2 Å². The van der Waals surface area contributed by atoms with E-state index in [9.17, 15) is 27.9 Å². The molecule has 0 saturated heterocycles. The van der Waals surface area contributed by atoms with Crippen molar-refractivity contribution in [1.82, 2.24) is 0 Å². The van der Waals surface area contributed by atoms with Crippen molar-refractivity contribution in [3.8, 4) is 0 Å². The Labute approximate surface area is 205 Å². The number of carbonyl (C=O) groups excluding carboxylic acids is 1. The lowest BCUT2D eigenvalue weighted by atomic mass is 9.77. The number of benzene rings is 2. The van der Waals surface area contributed by atoms with Gasteiger partial charge in [0.15, 0.2) is 0 Å². The number of carboxylic acid groups (broad SMARTS) is 1. The fourth-order valence-electron chi connectivity index (χ4n) is 3.83. The van der Waals surface area contributed by atoms with Gasteiger partial charge in [0.05, 0.1) is 11.1 Å². The van der Waals surface area contributed by atoms with Crippen LogP contribution in [-0.4, -0.2) is 50.4 Å². The van der Waals surface area contributed by atoms with Crippen molar-refractivity contribution in [1.29, 1.82) is 0 Å². The molecule has 2 aromatic rings. The second-order valence-corrected chi connectivity index (χ2v) is 7.76. The summed E-state index contributed by atoms with van der Waals surface area (Å²) in [6, 6.07) is 13.4. The minimum absolute atomic E-state index is 0.0430. The molecule has 1 aliphatic heterocycles. The highest BCUT2D eigenvalue weighted by Gasteiger charge is 2.42. The number of carboxylic acids is 1. The van der Waals surface area contributed by atoms with Crippen LogP contribution in [0.5, 0.6) is 0 Å². The van der Waals surface area contributed by atoms with Crippen LogP contribution in [0.15, 0.2) is 76.9 Å². The lowest BCUT2D eigenvalue weighted by molar-refractivity contribution is -0.141. The number of halogens is 3. The number of hydrogen-bond acceptors (Lipinski definition) is 6. The molecule has 0 saturated carbocycles. The summed E-state index contributed by atoms with van der Waals surface area (Å²) in [6.07, 6.45) is -1.50. The predicted molar refractivity (Wildman–Crippen MR) is 125 cm³/mol. The molecule has 0 spiro atoms. The van der Waals surface area contributed by atoms with E-state index in [0.717, 1.165) is 30.0 Å². The summed E-state index contributed by atoms with van der Waals surface area (Å²) in [5.41, 5.74) is -0.509. The second kappa shape index (κ2) is 11.8. The first-order valence-electron chi connectivity index (χ1n) is 10.8. The fourth-order valence-corrected chi connectivity index (χ4v) is 3.83. The average Bonchev–Trinajstić information content (AvgIpc) is 2.87. The van der Waals surface area contributed by atoms with Crippen molar-refractivity contribution in [2.75, 3.05) is 20.8 Å². The molecule has 2 aromatic carbocycles. The van der Waals surface area contributed by atoms with Gasteiger partial charge in [0.2, 0.25) is 6.29 Å². The first-order valence-corrected chi connectivity index (χ1v) is 10.8. The van der Waals surface area contributed by atoms with Gasteiger partial charge in [0, 0.05) is 26.4 Å². The van der Waals surface area contributed by atoms with Crippen molar-refractivity contribution in [3.05, 3.63) is 88.6 Å². The largest absolute Gasteiger partial charge is 0.481 e. The van der Waals surface area contributed by atoms with E-state index in [-0.39, 0.29) is 23.4 Å². The Balaban J connectivity index is 2.04. The van der Waals surface area contributed by atoms with E-state index in [1.807, 2.05) is 30.3 Å². The van der Waals surface area contributed by atoms with Crippen LogP contribution >= 0.6 is 0 Å². The molecule has 10 heteroatoms. The second-order valence-electron chi connectivity index (χ2n) is 7.76. The van der Waals surface area contributed by atoms with Crippen molar-refractivity contribution in [2.24, 2.45) is 10.9 Å². The van der Waals surface area contributed by atoms with E-state index in [0.29, 0.717) is 0 Å². The Bertz CT molecular complexity index is 1170. The number of nitrogens with zero attached hydrogens (tertiary/aromatic N) is 1. The maximum Gasteiger partial charge on any atom is 0.416 e. The molecule has 0 aromatic heterocycles. The molecular weight excluding hydrogens is 479 g/mol. The normalized spacial score (nSPS) is 18.2. The van der Waals surface area contributed by atoms with Crippen molar-refractivity contribution in [3.63, 3.8) is 0 Å². The lowest BCUT2D eigenvalue weighted by Crippen LogP contribution is -2.34. The monoisotopic (exact) mass is 503 g/mol. The van der Waals surface area contributed by atoms with Gasteiger partial charge in [-0.15, -0.1) is 0 Å². The summed E-state index contributed by atoms with van der Waals surface area (Å²) in [5.74, 6) is -5.10. The molecule has 1 N–H and O–H groups in total. The third-order valence-electron chi connectivity index (χ3n) is 5.47. The molecule has 1 aliphatic rings. The van der Waals surface area contributed by atoms with E-state index in [1.54, 1.807) is 12.2 Å². The molecule has 0 amide bonds. The average molecular weight is 503 g/mol. The number of aliphatic carboxylic acids is 1. The van der Waals surface area contributed by atoms with Crippen LogP contribution < -0.4 is 0 Å². The molecule has 0 bridgehead atoms. The standard InChI is InChI=1S/C26H24F3NO6/c1-34-25(35-2)22-21(24(33)36-13-7-10-16-8-4-3-5-9-16)20(19(15-30-22)23(31)32)17-11-6-12-18(14-17)26(27,28)29/h3-12,14-15,19-20,25H,13H2,1-2H3,(H,31,32)/b10-7+. The third kappa shape index (κ3) is 6.27. The fraction of sp³-hybridized carbons (Fsp3) is 0.269. The molecule has 0 fully saturated rings. The SMILES string of the molecule is COC(OC)C1=C(C(=O)OC/C=C/c2ccccc2)C(c2cccc(C(F)(F)F)c2)C(C(=O)O)C=N1. The highest BCUT2D eigenvalue weighted by molar-refractivity contribution is 5.99. The Morgan fingerprint density at radius 3 is 2.39 bits per heavy atom. The van der Waals surface area contributed by atoms with Crippen molar-refractivity contribution < 1.29 is 42.1 Å². The van der Waals surface area contributed by atoms with E-state index >= 15 is 0 Å². The first kappa shape index (κ1) is 26.8. The number of carbonyl (C=O) groups is 2. The minimum atomic E-state index is -4.67. The Morgan fingerprint density at radius 2 is 1.78 bits per heavy atom. The Kier molecular flexibility index (Phi) is 8.78. The summed E-state index contributed by atoms with van der Waals surface area (Å²) < 4.78 is 56.0. The van der Waals surface area contributed by atoms with Gasteiger partial charge >= 0.3 is 18.1 Å². The summed E-state index contributed by atoms with van der Waals surface area (Å²) in [4.78, 5) is 29.4. The van der Waals surface area contributed by atoms with Gasteiger partial charge < -0.3 is 19.3 Å². The molecule has 2 atom stereocenters. The topological polar surface area (TPSA) is 94.4 Å². The van der Waals surface area contributed by atoms with Crippen molar-refractivity contribution in [2.45, 2.75) is 18.4 Å². The van der Waals surface area contributed by atoms with E-state index in [2.05, 4.69) is 4.99 Å². The predicted octanol–water partition coefficient (Wildman–Crippen LogP) is 4.70. The molecule has 36 heavy (non-hydrogen) atoms. The van der Waals surface area contributed by atoms with Gasteiger partial charge in [-0.25, -0.2) is 4.79 Å². The molecule has 3 rings (SSSR count). The first-order chi connectivity index (χ1) is 17.2. The van der Waals surface area contributed by atoms with Gasteiger partial charge in [-0.1, -0.05) is 54.6 Å². The Morgan fingerprint density at radius 1 is 1.08 bits per heavy atom. The number of methoxy groups -OCH3 is 2. The smallest absolute Gasteiger partial charge is 0.416 e. The lowest BCUT2D eigenvalue weighted by Gasteiger charge is -2.30. The van der Waals surface area contributed by atoms with Gasteiger partial charge in [-0.3, -0.25) is 9.79 Å². The third-order valence-corrected chi connectivity index (χ3v) is 5.47. The number of rotatable bonds is 9. The number of esters is 1. The maximum atomic E-state index is 13.4. The number of hydrogen-bond donors (Lipinski definition) is 1. The van der Waals surface area contributed by atoms with Crippen LogP contribution in [0.3, 0.4) is 0 Å². The van der Waals surface area contributed by atoms with E-state index in [4.69, 9.17) is 14.2 Å². The van der Waals surface area contributed by atoms with Crippen LogP contribution in [0.2, 0.25) is 0 Å². The van der Waals surface area contributed by atoms with Crippen LogP contribution in [-0.2, 0) is 30.0 Å². The highest BCUT2D eigenvalue weighted by atomic mass is 19.4. The molecule has 7 nitrogen and oxygen atoms in total. The quantitative estimate of drug-likeness (QED) is 0.394. The molecule has 190 valence electrons. The zero-order valence-corrected chi connectivity index (χ0v) is 19.4. The molecule has 1 heterocycles. The van der Waals surface area contributed by atoms with Crippen LogP contribution in [0, 0.1) is 5.92 Å². The summed E-state index contributed by atoms with van der Waals surface area (Å²) >= 11 is 0.